The molecule has 0 saturated carbocycles. The summed E-state index contributed by atoms with van der Waals surface area (Å²) in [6.07, 6.45) is 3.29. The second-order valence-corrected chi connectivity index (χ2v) is 9.09. The summed E-state index contributed by atoms with van der Waals surface area (Å²) in [5, 5.41) is 11.5. The number of aromatic nitrogens is 1. The van der Waals surface area contributed by atoms with Crippen LogP contribution in [0.2, 0.25) is 0 Å². The van der Waals surface area contributed by atoms with Crippen molar-refractivity contribution < 1.29 is 19.4 Å². The Bertz CT molecular complexity index is 1500. The molecule has 1 aliphatic heterocycles. The summed E-state index contributed by atoms with van der Waals surface area (Å²) in [5.41, 5.74) is 3.82. The van der Waals surface area contributed by atoms with Crippen LogP contribution in [0.3, 0.4) is 0 Å². The normalized spacial score (nSPS) is 16.7. The molecule has 1 fully saturated rings. The first-order chi connectivity index (χ1) is 17.9. The number of ketones is 1. The third-order valence-corrected chi connectivity index (χ3v) is 6.44. The van der Waals surface area contributed by atoms with E-state index in [4.69, 9.17) is 4.74 Å². The SMILES string of the molecule is Cc1ccc(C)c(C(O)=C2C(=O)C(=O)N(Cc3ccncc3)C2c2cccc(Oc3ccccc3)c2)c1. The van der Waals surface area contributed by atoms with E-state index in [1.165, 1.54) is 4.90 Å². The van der Waals surface area contributed by atoms with Gasteiger partial charge in [-0.3, -0.25) is 14.6 Å². The van der Waals surface area contributed by atoms with E-state index in [0.717, 1.165) is 16.7 Å². The molecule has 5 rings (SSSR count). The molecule has 37 heavy (non-hydrogen) atoms. The molecule has 1 aromatic heterocycles. The van der Waals surface area contributed by atoms with Gasteiger partial charge in [-0.25, -0.2) is 0 Å². The Labute approximate surface area is 215 Å². The number of aliphatic hydroxyl groups is 1. The third-order valence-electron chi connectivity index (χ3n) is 6.44. The number of benzene rings is 3. The van der Waals surface area contributed by atoms with Crippen LogP contribution in [0.1, 0.15) is 33.9 Å². The van der Waals surface area contributed by atoms with Crippen LogP contribution in [0.5, 0.6) is 11.5 Å². The maximum atomic E-state index is 13.4. The summed E-state index contributed by atoms with van der Waals surface area (Å²) < 4.78 is 6.03. The van der Waals surface area contributed by atoms with Gasteiger partial charge in [-0.05, 0) is 73.0 Å². The van der Waals surface area contributed by atoms with E-state index in [1.54, 1.807) is 30.6 Å². The number of Topliss-reactive ketones (excluding diaryl/α,β-unsaturated/α-hetero) is 1. The standard InChI is InChI=1S/C31H26N2O4/c1-20-11-12-21(2)26(17-20)29(34)27-28(33(31(36)30(27)35)19-22-13-15-32-16-14-22)23-7-6-10-25(18-23)37-24-8-4-3-5-9-24/h3-18,28,34H,19H2,1-2H3. The topological polar surface area (TPSA) is 79.7 Å². The third kappa shape index (κ3) is 4.86. The largest absolute Gasteiger partial charge is 0.507 e. The predicted molar refractivity (Wildman–Crippen MR) is 141 cm³/mol. The van der Waals surface area contributed by atoms with Crippen LogP contribution in [0, 0.1) is 13.8 Å². The fraction of sp³-hybridized carbons (Fsp3) is 0.129. The van der Waals surface area contributed by atoms with Crippen molar-refractivity contribution in [2.45, 2.75) is 26.4 Å². The number of carbonyl (C=O) groups is 2. The molecule has 0 bridgehead atoms. The van der Waals surface area contributed by atoms with Crippen LogP contribution in [0.4, 0.5) is 0 Å². The summed E-state index contributed by atoms with van der Waals surface area (Å²) in [7, 11) is 0. The maximum absolute atomic E-state index is 13.4. The van der Waals surface area contributed by atoms with Gasteiger partial charge in [-0.2, -0.15) is 0 Å². The minimum absolute atomic E-state index is 0.0598. The smallest absolute Gasteiger partial charge is 0.295 e. The Balaban J connectivity index is 1.64. The summed E-state index contributed by atoms with van der Waals surface area (Å²) in [6.45, 7) is 3.97. The lowest BCUT2D eigenvalue weighted by molar-refractivity contribution is -0.140. The molecule has 1 unspecified atom stereocenters. The number of amides is 1. The van der Waals surface area contributed by atoms with Gasteiger partial charge in [0.1, 0.15) is 17.3 Å². The highest BCUT2D eigenvalue weighted by Crippen LogP contribution is 2.42. The number of rotatable bonds is 6. The van der Waals surface area contributed by atoms with Crippen molar-refractivity contribution in [3.8, 4) is 11.5 Å². The molecule has 184 valence electrons. The summed E-state index contributed by atoms with van der Waals surface area (Å²) in [6, 6.07) is 25.1. The Morgan fingerprint density at radius 1 is 0.892 bits per heavy atom. The zero-order valence-electron chi connectivity index (χ0n) is 20.6. The molecule has 0 aliphatic carbocycles. The lowest BCUT2D eigenvalue weighted by atomic mass is 9.93. The van der Waals surface area contributed by atoms with Crippen molar-refractivity contribution in [2.75, 3.05) is 0 Å². The second-order valence-electron chi connectivity index (χ2n) is 9.09. The van der Waals surface area contributed by atoms with Crippen molar-refractivity contribution in [1.29, 1.82) is 0 Å². The second kappa shape index (κ2) is 10.1. The summed E-state index contributed by atoms with van der Waals surface area (Å²) >= 11 is 0. The number of aliphatic hydroxyl groups excluding tert-OH is 1. The van der Waals surface area contributed by atoms with Crippen LogP contribution < -0.4 is 4.74 Å². The van der Waals surface area contributed by atoms with Crippen molar-refractivity contribution in [2.24, 2.45) is 0 Å². The van der Waals surface area contributed by atoms with Gasteiger partial charge in [0.25, 0.3) is 11.7 Å². The van der Waals surface area contributed by atoms with E-state index >= 15 is 0 Å². The van der Waals surface area contributed by atoms with Crippen LogP contribution >= 0.6 is 0 Å². The number of hydrogen-bond donors (Lipinski definition) is 1. The molecular weight excluding hydrogens is 464 g/mol. The predicted octanol–water partition coefficient (Wildman–Crippen LogP) is 6.11. The Kier molecular flexibility index (Phi) is 6.56. The first-order valence-electron chi connectivity index (χ1n) is 12.0. The molecular formula is C31H26N2O4. The molecule has 1 saturated heterocycles. The number of likely N-dealkylation sites (tertiary alicyclic amines) is 1. The zero-order valence-corrected chi connectivity index (χ0v) is 20.6. The van der Waals surface area contributed by atoms with Crippen molar-refractivity contribution in [3.63, 3.8) is 0 Å². The van der Waals surface area contributed by atoms with Gasteiger partial charge in [0, 0.05) is 24.5 Å². The van der Waals surface area contributed by atoms with Crippen LogP contribution in [0.15, 0.2) is 103 Å². The minimum atomic E-state index is -0.799. The Hall–Kier alpha value is -4.71. The van der Waals surface area contributed by atoms with Crippen molar-refractivity contribution in [1.82, 2.24) is 9.88 Å². The highest BCUT2D eigenvalue weighted by atomic mass is 16.5. The van der Waals surface area contributed by atoms with Gasteiger partial charge < -0.3 is 14.7 Å². The average molecular weight is 491 g/mol. The molecule has 1 amide bonds. The highest BCUT2D eigenvalue weighted by molar-refractivity contribution is 6.46. The molecule has 0 spiro atoms. The number of para-hydroxylation sites is 1. The zero-order chi connectivity index (χ0) is 25.9. The molecule has 1 N–H and O–H groups in total. The summed E-state index contributed by atoms with van der Waals surface area (Å²) in [5.74, 6) is -0.336. The van der Waals surface area contributed by atoms with Gasteiger partial charge in [0.05, 0.1) is 11.6 Å². The van der Waals surface area contributed by atoms with Crippen molar-refractivity contribution in [3.05, 3.63) is 131 Å². The summed E-state index contributed by atoms with van der Waals surface area (Å²) in [4.78, 5) is 32.3. The number of nitrogens with zero attached hydrogens (tertiary/aromatic N) is 2. The van der Waals surface area contributed by atoms with Crippen LogP contribution in [-0.4, -0.2) is 26.7 Å². The number of carbonyl (C=O) groups excluding carboxylic acids is 2. The first-order valence-corrected chi connectivity index (χ1v) is 12.0. The van der Waals surface area contributed by atoms with E-state index in [9.17, 15) is 14.7 Å². The number of pyridine rings is 1. The average Bonchev–Trinajstić information content (AvgIpc) is 3.16. The number of hydrogen-bond acceptors (Lipinski definition) is 5. The molecule has 3 aromatic carbocycles. The Morgan fingerprint density at radius 2 is 1.62 bits per heavy atom. The van der Waals surface area contributed by atoms with E-state index in [-0.39, 0.29) is 17.9 Å². The van der Waals surface area contributed by atoms with Crippen LogP contribution in [0.25, 0.3) is 5.76 Å². The van der Waals surface area contributed by atoms with Crippen molar-refractivity contribution >= 4 is 17.4 Å². The van der Waals surface area contributed by atoms with Gasteiger partial charge in [0.2, 0.25) is 0 Å². The molecule has 4 aromatic rings. The van der Waals surface area contributed by atoms with Gasteiger partial charge >= 0.3 is 0 Å². The molecule has 2 heterocycles. The van der Waals surface area contributed by atoms with Gasteiger partial charge in [0.15, 0.2) is 0 Å². The lowest BCUT2D eigenvalue weighted by Crippen LogP contribution is -2.29. The lowest BCUT2D eigenvalue weighted by Gasteiger charge is -2.26. The van der Waals surface area contributed by atoms with E-state index in [1.807, 2.05) is 80.6 Å². The molecule has 6 heteroatoms. The number of aryl methyl sites for hydroxylation is 2. The van der Waals surface area contributed by atoms with E-state index in [2.05, 4.69) is 4.98 Å². The fourth-order valence-corrected chi connectivity index (χ4v) is 4.58. The molecule has 1 aliphatic rings. The molecule has 0 radical (unpaired) electrons. The maximum Gasteiger partial charge on any atom is 0.295 e. The first kappa shape index (κ1) is 24.0. The van der Waals surface area contributed by atoms with Crippen LogP contribution in [-0.2, 0) is 16.1 Å². The van der Waals surface area contributed by atoms with Gasteiger partial charge in [-0.15, -0.1) is 0 Å². The number of ether oxygens (including phenoxy) is 1. The molecule has 1 atom stereocenters. The van der Waals surface area contributed by atoms with Gasteiger partial charge in [-0.1, -0.05) is 48.0 Å². The molecule has 6 nitrogen and oxygen atoms in total. The monoisotopic (exact) mass is 490 g/mol. The van der Waals surface area contributed by atoms with E-state index in [0.29, 0.717) is 22.6 Å². The quantitative estimate of drug-likeness (QED) is 0.200. The Morgan fingerprint density at radius 3 is 2.38 bits per heavy atom. The minimum Gasteiger partial charge on any atom is -0.507 e. The highest BCUT2D eigenvalue weighted by Gasteiger charge is 2.46. The fourth-order valence-electron chi connectivity index (χ4n) is 4.58. The van der Waals surface area contributed by atoms with E-state index < -0.39 is 17.7 Å².